The van der Waals surface area contributed by atoms with E-state index < -0.39 is 0 Å². The van der Waals surface area contributed by atoms with Gasteiger partial charge in [-0.1, -0.05) is 30.0 Å². The highest BCUT2D eigenvalue weighted by atomic mass is 32.2. The lowest BCUT2D eigenvalue weighted by molar-refractivity contribution is -0.122. The molecule has 10 heteroatoms. The van der Waals surface area contributed by atoms with Crippen LogP contribution in [0.5, 0.6) is 5.75 Å². The summed E-state index contributed by atoms with van der Waals surface area (Å²) in [4.78, 5) is 28.7. The molecule has 4 rings (SSSR count). The SMILES string of the molecule is CNC(=O)COc1cccc2nc(C(=O)Nc3cccc(CSc4nncn4C)c3)ccc12. The normalized spacial score (nSPS) is 10.7. The third kappa shape index (κ3) is 5.47. The summed E-state index contributed by atoms with van der Waals surface area (Å²) in [5.74, 6) is 0.687. The third-order valence-electron chi connectivity index (χ3n) is 4.78. The first-order valence-electron chi connectivity index (χ1n) is 10.1. The van der Waals surface area contributed by atoms with E-state index in [0.717, 1.165) is 16.1 Å². The first-order chi connectivity index (χ1) is 16.0. The molecular weight excluding hydrogens is 440 g/mol. The molecule has 9 nitrogen and oxygen atoms in total. The molecule has 0 unspecified atom stereocenters. The standard InChI is InChI=1S/C23H22N6O3S/c1-24-21(30)12-32-20-8-4-7-18-17(20)9-10-19(27-18)22(31)26-16-6-3-5-15(11-16)13-33-23-28-25-14-29(23)2/h3-11,14H,12-13H2,1-2H3,(H,24,30)(H,26,31). The largest absolute Gasteiger partial charge is 0.483 e. The van der Waals surface area contributed by atoms with Crippen molar-refractivity contribution in [1.82, 2.24) is 25.1 Å². The number of fused-ring (bicyclic) bond motifs is 1. The van der Waals surface area contributed by atoms with E-state index in [9.17, 15) is 9.59 Å². The van der Waals surface area contributed by atoms with Crippen LogP contribution in [0.3, 0.4) is 0 Å². The van der Waals surface area contributed by atoms with Crippen molar-refractivity contribution in [2.45, 2.75) is 10.9 Å². The zero-order chi connectivity index (χ0) is 23.2. The Hall–Kier alpha value is -3.92. The van der Waals surface area contributed by atoms with E-state index in [4.69, 9.17) is 4.74 Å². The van der Waals surface area contributed by atoms with Gasteiger partial charge in [-0.25, -0.2) is 4.98 Å². The van der Waals surface area contributed by atoms with Crippen LogP contribution in [0.2, 0.25) is 0 Å². The van der Waals surface area contributed by atoms with E-state index in [1.807, 2.05) is 35.9 Å². The van der Waals surface area contributed by atoms with Gasteiger partial charge in [-0.3, -0.25) is 9.59 Å². The van der Waals surface area contributed by atoms with Crippen LogP contribution in [-0.2, 0) is 17.6 Å². The molecule has 2 aromatic heterocycles. The molecule has 168 valence electrons. The number of likely N-dealkylation sites (N-methyl/N-ethyl adjacent to an activating group) is 1. The second-order valence-corrected chi connectivity index (χ2v) is 8.09. The first kappa shape index (κ1) is 22.3. The molecule has 0 aliphatic heterocycles. The zero-order valence-electron chi connectivity index (χ0n) is 18.1. The highest BCUT2D eigenvalue weighted by Crippen LogP contribution is 2.25. The van der Waals surface area contributed by atoms with Gasteiger partial charge in [0.25, 0.3) is 11.8 Å². The number of benzene rings is 2. The maximum absolute atomic E-state index is 12.8. The number of thioether (sulfide) groups is 1. The van der Waals surface area contributed by atoms with Crippen molar-refractivity contribution in [3.63, 3.8) is 0 Å². The minimum atomic E-state index is -0.313. The number of anilines is 1. The number of amides is 2. The number of nitrogens with one attached hydrogen (secondary N) is 2. The molecule has 0 aliphatic carbocycles. The number of ether oxygens (including phenoxy) is 1. The van der Waals surface area contributed by atoms with Crippen molar-refractivity contribution >= 4 is 40.2 Å². The first-order valence-corrected chi connectivity index (χ1v) is 11.1. The molecule has 0 radical (unpaired) electrons. The summed E-state index contributed by atoms with van der Waals surface area (Å²) in [6, 6.07) is 16.4. The monoisotopic (exact) mass is 462 g/mol. The minimum absolute atomic E-state index is 0.0941. The van der Waals surface area contributed by atoms with Crippen LogP contribution in [0, 0.1) is 0 Å². The molecular formula is C23H22N6O3S. The quantitative estimate of drug-likeness (QED) is 0.387. The molecule has 2 amide bonds. The Morgan fingerprint density at radius 1 is 1.12 bits per heavy atom. The molecule has 0 bridgehead atoms. The van der Waals surface area contributed by atoms with Crippen molar-refractivity contribution in [3.05, 3.63) is 72.2 Å². The number of carbonyl (C=O) groups is 2. The highest BCUT2D eigenvalue weighted by Gasteiger charge is 2.12. The van der Waals surface area contributed by atoms with Crippen LogP contribution < -0.4 is 15.4 Å². The summed E-state index contributed by atoms with van der Waals surface area (Å²) >= 11 is 1.57. The average Bonchev–Trinajstić information content (AvgIpc) is 3.25. The average molecular weight is 463 g/mol. The van der Waals surface area contributed by atoms with Crippen molar-refractivity contribution in [2.24, 2.45) is 7.05 Å². The maximum Gasteiger partial charge on any atom is 0.274 e. The number of aryl methyl sites for hydroxylation is 1. The van der Waals surface area contributed by atoms with Gasteiger partial charge in [0.15, 0.2) is 11.8 Å². The van der Waals surface area contributed by atoms with E-state index in [1.165, 1.54) is 0 Å². The molecule has 0 atom stereocenters. The Morgan fingerprint density at radius 2 is 1.97 bits per heavy atom. The summed E-state index contributed by atoms with van der Waals surface area (Å²) in [6.45, 7) is -0.0941. The van der Waals surface area contributed by atoms with Crippen LogP contribution in [0.25, 0.3) is 10.9 Å². The van der Waals surface area contributed by atoms with Gasteiger partial charge < -0.3 is 19.9 Å². The summed E-state index contributed by atoms with van der Waals surface area (Å²) in [7, 11) is 3.44. The fourth-order valence-corrected chi connectivity index (χ4v) is 3.91. The van der Waals surface area contributed by atoms with Gasteiger partial charge in [-0.2, -0.15) is 0 Å². The lowest BCUT2D eigenvalue weighted by Crippen LogP contribution is -2.24. The summed E-state index contributed by atoms with van der Waals surface area (Å²) in [5.41, 5.74) is 2.61. The number of rotatable bonds is 8. The number of carbonyl (C=O) groups excluding carboxylic acids is 2. The van der Waals surface area contributed by atoms with Crippen LogP contribution in [0.15, 0.2) is 66.1 Å². The molecule has 0 fully saturated rings. The van der Waals surface area contributed by atoms with Crippen molar-refractivity contribution in [3.8, 4) is 5.75 Å². The van der Waals surface area contributed by atoms with E-state index in [1.54, 1.807) is 55.5 Å². The van der Waals surface area contributed by atoms with Crippen molar-refractivity contribution < 1.29 is 14.3 Å². The van der Waals surface area contributed by atoms with Crippen molar-refractivity contribution in [1.29, 1.82) is 0 Å². The fourth-order valence-electron chi connectivity index (χ4n) is 3.08. The Balaban J connectivity index is 1.45. The van der Waals surface area contributed by atoms with Crippen LogP contribution in [0.1, 0.15) is 16.1 Å². The van der Waals surface area contributed by atoms with E-state index in [-0.39, 0.29) is 24.1 Å². The van der Waals surface area contributed by atoms with E-state index >= 15 is 0 Å². The second-order valence-electron chi connectivity index (χ2n) is 7.15. The third-order valence-corrected chi connectivity index (χ3v) is 5.89. The predicted molar refractivity (Wildman–Crippen MR) is 126 cm³/mol. The van der Waals surface area contributed by atoms with Gasteiger partial charge in [0.1, 0.15) is 17.8 Å². The lowest BCUT2D eigenvalue weighted by atomic mass is 10.1. The van der Waals surface area contributed by atoms with Gasteiger partial charge in [0.05, 0.1) is 5.52 Å². The number of pyridine rings is 1. The maximum atomic E-state index is 12.8. The van der Waals surface area contributed by atoms with Gasteiger partial charge in [0, 0.05) is 30.9 Å². The lowest BCUT2D eigenvalue weighted by Gasteiger charge is -2.10. The van der Waals surface area contributed by atoms with E-state index in [2.05, 4.69) is 25.8 Å². The summed E-state index contributed by atoms with van der Waals surface area (Å²) < 4.78 is 7.43. The van der Waals surface area contributed by atoms with E-state index in [0.29, 0.717) is 22.7 Å². The van der Waals surface area contributed by atoms with Crippen LogP contribution in [-0.4, -0.2) is 45.2 Å². The van der Waals surface area contributed by atoms with Crippen LogP contribution >= 0.6 is 11.8 Å². The topological polar surface area (TPSA) is 111 Å². The van der Waals surface area contributed by atoms with Gasteiger partial charge in [-0.05, 0) is 42.0 Å². The minimum Gasteiger partial charge on any atom is -0.483 e. The predicted octanol–water partition coefficient (Wildman–Crippen LogP) is 3.03. The molecule has 33 heavy (non-hydrogen) atoms. The molecule has 0 spiro atoms. The number of aromatic nitrogens is 4. The smallest absolute Gasteiger partial charge is 0.274 e. The highest BCUT2D eigenvalue weighted by molar-refractivity contribution is 7.98. The molecule has 2 heterocycles. The Kier molecular flexibility index (Phi) is 6.84. The summed E-state index contributed by atoms with van der Waals surface area (Å²) in [5, 5.41) is 14.9. The van der Waals surface area contributed by atoms with Gasteiger partial charge in [0.2, 0.25) is 0 Å². The van der Waals surface area contributed by atoms with Gasteiger partial charge in [-0.15, -0.1) is 10.2 Å². The Morgan fingerprint density at radius 3 is 2.76 bits per heavy atom. The number of nitrogens with zero attached hydrogens (tertiary/aromatic N) is 4. The van der Waals surface area contributed by atoms with Crippen molar-refractivity contribution in [2.75, 3.05) is 19.0 Å². The molecule has 0 saturated heterocycles. The molecule has 2 aromatic carbocycles. The molecule has 2 N–H and O–H groups in total. The Bertz CT molecular complexity index is 1310. The second kappa shape index (κ2) is 10.1. The molecule has 0 aliphatic rings. The van der Waals surface area contributed by atoms with Crippen LogP contribution in [0.4, 0.5) is 5.69 Å². The number of hydrogen-bond donors (Lipinski definition) is 2. The summed E-state index contributed by atoms with van der Waals surface area (Å²) in [6.07, 6.45) is 1.66. The number of hydrogen-bond acceptors (Lipinski definition) is 7. The zero-order valence-corrected chi connectivity index (χ0v) is 18.9. The fraction of sp³-hybridized carbons (Fsp3) is 0.174. The molecule has 4 aromatic rings. The molecule has 0 saturated carbocycles. The van der Waals surface area contributed by atoms with Gasteiger partial charge >= 0.3 is 0 Å². The Labute approximate surface area is 194 Å².